The Morgan fingerprint density at radius 1 is 0.703 bits per heavy atom. The summed E-state index contributed by atoms with van der Waals surface area (Å²) in [5, 5.41) is 0. The Hall–Kier alpha value is -2.98. The third kappa shape index (κ3) is 5.65. The molecule has 2 aliphatic rings. The molecule has 0 atom stereocenters. The number of methoxy groups -OCH3 is 2. The molecule has 2 fully saturated rings. The molecule has 9 nitrogen and oxygen atoms in total. The molecule has 0 saturated carbocycles. The summed E-state index contributed by atoms with van der Waals surface area (Å²) >= 11 is 0. The van der Waals surface area contributed by atoms with Crippen molar-refractivity contribution >= 4 is 11.9 Å². The van der Waals surface area contributed by atoms with Crippen LogP contribution in [0.1, 0.15) is 48.7 Å². The first kappa shape index (κ1) is 27.1. The molecule has 2 saturated heterocycles. The zero-order valence-corrected chi connectivity index (χ0v) is 22.1. The predicted molar refractivity (Wildman–Crippen MR) is 132 cm³/mol. The predicted octanol–water partition coefficient (Wildman–Crippen LogP) is 4.19. The van der Waals surface area contributed by atoms with Gasteiger partial charge in [0.2, 0.25) is 0 Å². The maximum atomic E-state index is 13.0. The van der Waals surface area contributed by atoms with Gasteiger partial charge in [-0.2, -0.15) is 0 Å². The molecule has 0 radical (unpaired) electrons. The van der Waals surface area contributed by atoms with Gasteiger partial charge in [0.05, 0.1) is 40.6 Å². The standard InChI is InChI=1S/C28H34O9/c1-17-11-19(7-9-21(17)31-5)23-33-13-27(3,14-34-23)25(29)37-26(30)28(4)15-35-24(36-16-28)20-8-10-22(32-6)18(2)12-20/h7-12,23-24H,13-16H2,1-6H3. The average molecular weight is 515 g/mol. The Kier molecular flexibility index (Phi) is 7.89. The number of benzene rings is 2. The zero-order valence-electron chi connectivity index (χ0n) is 22.1. The molecule has 0 aromatic heterocycles. The van der Waals surface area contributed by atoms with Crippen molar-refractivity contribution in [2.75, 3.05) is 40.6 Å². The van der Waals surface area contributed by atoms with E-state index in [1.807, 2.05) is 50.2 Å². The minimum atomic E-state index is -1.14. The molecule has 200 valence electrons. The van der Waals surface area contributed by atoms with Crippen LogP contribution in [0.3, 0.4) is 0 Å². The Morgan fingerprint density at radius 3 is 1.35 bits per heavy atom. The molecule has 37 heavy (non-hydrogen) atoms. The lowest BCUT2D eigenvalue weighted by Crippen LogP contribution is -2.48. The van der Waals surface area contributed by atoms with Gasteiger partial charge in [-0.1, -0.05) is 12.1 Å². The van der Waals surface area contributed by atoms with Crippen molar-refractivity contribution in [2.24, 2.45) is 10.8 Å². The smallest absolute Gasteiger partial charge is 0.324 e. The quantitative estimate of drug-likeness (QED) is 0.415. The van der Waals surface area contributed by atoms with Crippen molar-refractivity contribution in [2.45, 2.75) is 40.3 Å². The van der Waals surface area contributed by atoms with Crippen LogP contribution in [-0.4, -0.2) is 52.6 Å². The molecule has 2 aromatic rings. The largest absolute Gasteiger partial charge is 0.496 e. The van der Waals surface area contributed by atoms with Crippen LogP contribution in [0, 0.1) is 24.7 Å². The first-order valence-corrected chi connectivity index (χ1v) is 12.1. The minimum Gasteiger partial charge on any atom is -0.496 e. The van der Waals surface area contributed by atoms with Crippen LogP contribution in [0.25, 0.3) is 0 Å². The fourth-order valence-electron chi connectivity index (χ4n) is 4.27. The number of hydrogen-bond acceptors (Lipinski definition) is 9. The third-order valence-electron chi connectivity index (χ3n) is 6.77. The summed E-state index contributed by atoms with van der Waals surface area (Å²) < 4.78 is 39.2. The molecular formula is C28H34O9. The SMILES string of the molecule is COc1ccc(C2OCC(C)(C(=O)OC(=O)C3(C)COC(c4ccc(OC)c(C)c4)OC3)CO2)cc1C. The molecule has 0 unspecified atom stereocenters. The summed E-state index contributed by atoms with van der Waals surface area (Å²) in [4.78, 5) is 25.9. The van der Waals surface area contributed by atoms with Crippen molar-refractivity contribution < 1.29 is 42.7 Å². The second-order valence-corrected chi connectivity index (χ2v) is 10.2. The molecule has 4 rings (SSSR count). The van der Waals surface area contributed by atoms with Crippen LogP contribution in [0.5, 0.6) is 11.5 Å². The van der Waals surface area contributed by atoms with Gasteiger partial charge in [-0.05, 0) is 63.1 Å². The van der Waals surface area contributed by atoms with E-state index in [0.29, 0.717) is 0 Å². The van der Waals surface area contributed by atoms with E-state index in [0.717, 1.165) is 33.8 Å². The summed E-state index contributed by atoms with van der Waals surface area (Å²) in [6.07, 6.45) is -1.25. The number of carbonyl (C=O) groups excluding carboxylic acids is 2. The molecule has 0 amide bonds. The maximum absolute atomic E-state index is 13.0. The molecule has 0 spiro atoms. The lowest BCUT2D eigenvalue weighted by molar-refractivity contribution is -0.245. The monoisotopic (exact) mass is 514 g/mol. The minimum absolute atomic E-state index is 0.0392. The van der Waals surface area contributed by atoms with E-state index in [9.17, 15) is 9.59 Å². The van der Waals surface area contributed by atoms with Gasteiger partial charge < -0.3 is 33.2 Å². The topological polar surface area (TPSA) is 98.8 Å². The van der Waals surface area contributed by atoms with Gasteiger partial charge >= 0.3 is 11.9 Å². The first-order chi connectivity index (χ1) is 17.6. The van der Waals surface area contributed by atoms with E-state index >= 15 is 0 Å². The molecule has 9 heteroatoms. The van der Waals surface area contributed by atoms with Crippen LogP contribution in [0.15, 0.2) is 36.4 Å². The summed E-state index contributed by atoms with van der Waals surface area (Å²) in [5.74, 6) is 0.106. The highest BCUT2D eigenvalue weighted by molar-refractivity contribution is 5.91. The summed E-state index contributed by atoms with van der Waals surface area (Å²) in [6, 6.07) is 11.2. The van der Waals surface area contributed by atoms with Crippen LogP contribution in [0.2, 0.25) is 0 Å². The Morgan fingerprint density at radius 2 is 1.05 bits per heavy atom. The zero-order chi connectivity index (χ0) is 26.8. The number of ether oxygens (including phenoxy) is 7. The number of aryl methyl sites for hydroxylation is 2. The van der Waals surface area contributed by atoms with Gasteiger partial charge in [-0.15, -0.1) is 0 Å². The van der Waals surface area contributed by atoms with Gasteiger partial charge in [0, 0.05) is 11.1 Å². The summed E-state index contributed by atoms with van der Waals surface area (Å²) in [5.41, 5.74) is 1.25. The summed E-state index contributed by atoms with van der Waals surface area (Å²) in [7, 11) is 3.22. The number of esters is 2. The summed E-state index contributed by atoms with van der Waals surface area (Å²) in [6.45, 7) is 7.31. The molecular weight excluding hydrogens is 480 g/mol. The molecule has 0 bridgehead atoms. The molecule has 2 aliphatic heterocycles. The van der Waals surface area contributed by atoms with E-state index in [1.54, 1.807) is 28.1 Å². The highest BCUT2D eigenvalue weighted by atomic mass is 16.7. The number of carbonyl (C=O) groups is 2. The normalized spacial score (nSPS) is 27.8. The Bertz CT molecular complexity index is 1050. The lowest BCUT2D eigenvalue weighted by Gasteiger charge is -2.38. The van der Waals surface area contributed by atoms with Crippen molar-refractivity contribution in [3.05, 3.63) is 58.7 Å². The highest BCUT2D eigenvalue weighted by Gasteiger charge is 2.47. The van der Waals surface area contributed by atoms with Crippen LogP contribution in [-0.2, 0) is 33.3 Å². The van der Waals surface area contributed by atoms with Gasteiger partial charge in [0.1, 0.15) is 22.3 Å². The second kappa shape index (κ2) is 10.8. The van der Waals surface area contributed by atoms with E-state index in [4.69, 9.17) is 33.2 Å². The van der Waals surface area contributed by atoms with E-state index in [2.05, 4.69) is 0 Å². The fraction of sp³-hybridized carbons (Fsp3) is 0.500. The molecule has 2 heterocycles. The van der Waals surface area contributed by atoms with Crippen LogP contribution < -0.4 is 9.47 Å². The molecule has 2 aromatic carbocycles. The van der Waals surface area contributed by atoms with Crippen molar-refractivity contribution in [1.29, 1.82) is 0 Å². The molecule has 0 aliphatic carbocycles. The second-order valence-electron chi connectivity index (χ2n) is 10.2. The van der Waals surface area contributed by atoms with Crippen molar-refractivity contribution in [3.8, 4) is 11.5 Å². The van der Waals surface area contributed by atoms with Crippen molar-refractivity contribution in [3.63, 3.8) is 0 Å². The third-order valence-corrected chi connectivity index (χ3v) is 6.77. The van der Waals surface area contributed by atoms with Crippen LogP contribution >= 0.6 is 0 Å². The molecule has 0 N–H and O–H groups in total. The average Bonchev–Trinajstić information content (AvgIpc) is 2.89. The maximum Gasteiger partial charge on any atom is 0.324 e. The van der Waals surface area contributed by atoms with Gasteiger partial charge in [-0.25, -0.2) is 0 Å². The highest BCUT2D eigenvalue weighted by Crippen LogP contribution is 2.37. The van der Waals surface area contributed by atoms with Crippen LogP contribution in [0.4, 0.5) is 0 Å². The van der Waals surface area contributed by atoms with E-state index in [1.165, 1.54) is 0 Å². The Labute approximate surface area is 216 Å². The Balaban J connectivity index is 1.32. The number of rotatable bonds is 6. The van der Waals surface area contributed by atoms with Gasteiger partial charge in [0.25, 0.3) is 0 Å². The lowest BCUT2D eigenvalue weighted by atomic mass is 9.90. The first-order valence-electron chi connectivity index (χ1n) is 12.1. The fourth-order valence-corrected chi connectivity index (χ4v) is 4.27. The van der Waals surface area contributed by atoms with Crippen molar-refractivity contribution in [1.82, 2.24) is 0 Å². The van der Waals surface area contributed by atoms with E-state index < -0.39 is 35.3 Å². The van der Waals surface area contributed by atoms with Gasteiger partial charge in [-0.3, -0.25) is 9.59 Å². The number of hydrogen-bond donors (Lipinski definition) is 0. The van der Waals surface area contributed by atoms with Gasteiger partial charge in [0.15, 0.2) is 12.6 Å². The van der Waals surface area contributed by atoms with E-state index in [-0.39, 0.29) is 26.4 Å².